The monoisotopic (exact) mass is 262 g/mol. The quantitative estimate of drug-likeness (QED) is 0.686. The number of hydrogen-bond acceptors (Lipinski definition) is 4. The minimum absolute atomic E-state index is 0.137. The molecule has 0 spiro atoms. The number of nitrogens with one attached hydrogen (secondary N) is 1. The van der Waals surface area contributed by atoms with Gasteiger partial charge in [-0.05, 0) is 19.4 Å². The first-order chi connectivity index (χ1) is 8.93. The predicted molar refractivity (Wildman–Crippen MR) is 79.1 cm³/mol. The van der Waals surface area contributed by atoms with Crippen molar-refractivity contribution in [3.8, 4) is 0 Å². The van der Waals surface area contributed by atoms with Crippen LogP contribution in [0.2, 0.25) is 0 Å². The molecule has 18 heavy (non-hydrogen) atoms. The molecule has 0 amide bonds. The third-order valence-electron chi connectivity index (χ3n) is 2.46. The fourth-order valence-electron chi connectivity index (χ4n) is 1.64. The summed E-state index contributed by atoms with van der Waals surface area (Å²) >= 11 is 0. The maximum absolute atomic E-state index is 8.49. The van der Waals surface area contributed by atoms with Gasteiger partial charge in [-0.2, -0.15) is 0 Å². The van der Waals surface area contributed by atoms with Crippen LogP contribution in [0, 0.1) is 0 Å². The Labute approximate surface area is 114 Å². The molecule has 0 aromatic carbocycles. The fourth-order valence-corrected chi connectivity index (χ4v) is 1.64. The van der Waals surface area contributed by atoms with E-state index in [0.717, 1.165) is 26.1 Å². The molecule has 0 aromatic heterocycles. The highest BCUT2D eigenvalue weighted by Crippen LogP contribution is 1.97. The summed E-state index contributed by atoms with van der Waals surface area (Å²) < 4.78 is 5.19. The van der Waals surface area contributed by atoms with Crippen molar-refractivity contribution in [2.75, 3.05) is 52.5 Å². The molecule has 0 bridgehead atoms. The molecule has 112 valence electrons. The van der Waals surface area contributed by atoms with Gasteiger partial charge in [-0.3, -0.25) is 0 Å². The van der Waals surface area contributed by atoms with Crippen LogP contribution in [0.3, 0.4) is 0 Å². The van der Waals surface area contributed by atoms with E-state index < -0.39 is 0 Å². The third-order valence-corrected chi connectivity index (χ3v) is 2.46. The van der Waals surface area contributed by atoms with Gasteiger partial charge in [0.05, 0.1) is 13.2 Å². The molecule has 2 N–H and O–H groups in total. The Morgan fingerprint density at radius 2 is 1.61 bits per heavy atom. The third kappa shape index (κ3) is 13.9. The summed E-state index contributed by atoms with van der Waals surface area (Å²) in [6.45, 7) is 15.2. The van der Waals surface area contributed by atoms with Crippen LogP contribution in [0.15, 0.2) is 0 Å². The number of aliphatic hydroxyl groups is 1. The van der Waals surface area contributed by atoms with Gasteiger partial charge in [0.2, 0.25) is 0 Å². The molecule has 0 aliphatic carbocycles. The Balaban J connectivity index is 0. The van der Waals surface area contributed by atoms with E-state index in [2.05, 4.69) is 10.2 Å². The molecule has 0 unspecified atom stereocenters. The van der Waals surface area contributed by atoms with E-state index in [1.165, 1.54) is 26.1 Å². The van der Waals surface area contributed by atoms with Gasteiger partial charge in [0.15, 0.2) is 0 Å². The minimum atomic E-state index is 0.137. The smallest absolute Gasteiger partial charge is 0.0697 e. The molecule has 4 nitrogen and oxygen atoms in total. The van der Waals surface area contributed by atoms with Gasteiger partial charge in [-0.1, -0.05) is 27.7 Å². The first-order valence-corrected chi connectivity index (χ1v) is 7.55. The summed E-state index contributed by atoms with van der Waals surface area (Å²) in [6, 6.07) is 0. The first kappa shape index (κ1) is 20.2. The van der Waals surface area contributed by atoms with Gasteiger partial charge < -0.3 is 20.1 Å². The molecule has 0 atom stereocenters. The summed E-state index contributed by atoms with van der Waals surface area (Å²) in [5, 5.41) is 11.8. The molecular formula is C14H34N2O2. The number of nitrogens with zero attached hydrogens (tertiary/aromatic N) is 1. The number of unbranched alkanes of at least 4 members (excludes halogenated alkanes) is 1. The van der Waals surface area contributed by atoms with Gasteiger partial charge in [0.25, 0.3) is 0 Å². The largest absolute Gasteiger partial charge is 0.394 e. The Hall–Kier alpha value is -0.160. The van der Waals surface area contributed by atoms with Crippen LogP contribution >= 0.6 is 0 Å². The number of aliphatic hydroxyl groups excluding tert-OH is 1. The van der Waals surface area contributed by atoms with Crippen LogP contribution in [-0.4, -0.2) is 62.6 Å². The van der Waals surface area contributed by atoms with Gasteiger partial charge in [0.1, 0.15) is 0 Å². The molecule has 1 fully saturated rings. The molecular weight excluding hydrogens is 228 g/mol. The molecule has 0 aromatic rings. The normalized spacial score (nSPS) is 15.2. The van der Waals surface area contributed by atoms with Gasteiger partial charge in [0, 0.05) is 32.8 Å². The lowest BCUT2D eigenvalue weighted by Crippen LogP contribution is -2.43. The van der Waals surface area contributed by atoms with Crippen molar-refractivity contribution in [3.05, 3.63) is 0 Å². The lowest BCUT2D eigenvalue weighted by atomic mass is 10.3. The van der Waals surface area contributed by atoms with Crippen LogP contribution in [0.5, 0.6) is 0 Å². The maximum Gasteiger partial charge on any atom is 0.0697 e. The summed E-state index contributed by atoms with van der Waals surface area (Å²) in [7, 11) is 0. The van der Waals surface area contributed by atoms with E-state index in [1.807, 2.05) is 27.7 Å². The SMILES string of the molecule is CC.CC.OCCOCCCCN1CCNCC1. The van der Waals surface area contributed by atoms with Crippen molar-refractivity contribution >= 4 is 0 Å². The Bertz CT molecular complexity index is 129. The fraction of sp³-hybridized carbons (Fsp3) is 1.00. The van der Waals surface area contributed by atoms with Crippen LogP contribution in [0.4, 0.5) is 0 Å². The van der Waals surface area contributed by atoms with Crippen LogP contribution in [0.1, 0.15) is 40.5 Å². The maximum atomic E-state index is 8.49. The summed E-state index contributed by atoms with van der Waals surface area (Å²) in [5.41, 5.74) is 0. The van der Waals surface area contributed by atoms with Crippen molar-refractivity contribution < 1.29 is 9.84 Å². The van der Waals surface area contributed by atoms with Gasteiger partial charge >= 0.3 is 0 Å². The lowest BCUT2D eigenvalue weighted by molar-refractivity contribution is 0.0877. The highest BCUT2D eigenvalue weighted by Gasteiger charge is 2.07. The second kappa shape index (κ2) is 19.2. The lowest BCUT2D eigenvalue weighted by Gasteiger charge is -2.26. The van der Waals surface area contributed by atoms with Gasteiger partial charge in [-0.25, -0.2) is 0 Å². The average molecular weight is 262 g/mol. The zero-order valence-corrected chi connectivity index (χ0v) is 12.9. The number of piperazine rings is 1. The van der Waals surface area contributed by atoms with Crippen molar-refractivity contribution in [3.63, 3.8) is 0 Å². The number of rotatable bonds is 7. The molecule has 0 radical (unpaired) electrons. The highest BCUT2D eigenvalue weighted by molar-refractivity contribution is 4.66. The topological polar surface area (TPSA) is 44.7 Å². The van der Waals surface area contributed by atoms with E-state index >= 15 is 0 Å². The van der Waals surface area contributed by atoms with Crippen LogP contribution < -0.4 is 5.32 Å². The van der Waals surface area contributed by atoms with E-state index in [0.29, 0.717) is 6.61 Å². The van der Waals surface area contributed by atoms with Crippen molar-refractivity contribution in [1.29, 1.82) is 0 Å². The molecule has 1 aliphatic rings. The summed E-state index contributed by atoms with van der Waals surface area (Å²) in [6.07, 6.45) is 2.30. The summed E-state index contributed by atoms with van der Waals surface area (Å²) in [5.74, 6) is 0. The second-order valence-electron chi connectivity index (χ2n) is 3.63. The Morgan fingerprint density at radius 3 is 2.17 bits per heavy atom. The first-order valence-electron chi connectivity index (χ1n) is 7.55. The molecule has 1 heterocycles. The molecule has 4 heteroatoms. The minimum Gasteiger partial charge on any atom is -0.394 e. The molecule has 1 rings (SSSR count). The van der Waals surface area contributed by atoms with Gasteiger partial charge in [-0.15, -0.1) is 0 Å². The number of hydrogen-bond donors (Lipinski definition) is 2. The zero-order valence-electron chi connectivity index (χ0n) is 12.9. The highest BCUT2D eigenvalue weighted by atomic mass is 16.5. The van der Waals surface area contributed by atoms with Crippen LogP contribution in [0.25, 0.3) is 0 Å². The summed E-state index contributed by atoms with van der Waals surface area (Å²) in [4.78, 5) is 2.49. The van der Waals surface area contributed by atoms with Crippen molar-refractivity contribution in [1.82, 2.24) is 10.2 Å². The number of ether oxygens (including phenoxy) is 1. The zero-order chi connectivity index (χ0) is 14.1. The van der Waals surface area contributed by atoms with E-state index in [9.17, 15) is 0 Å². The Kier molecular flexibility index (Phi) is 21.5. The molecule has 1 aliphatic heterocycles. The van der Waals surface area contributed by atoms with E-state index in [1.54, 1.807) is 0 Å². The van der Waals surface area contributed by atoms with Crippen molar-refractivity contribution in [2.45, 2.75) is 40.5 Å². The molecule has 1 saturated heterocycles. The second-order valence-corrected chi connectivity index (χ2v) is 3.63. The standard InChI is InChI=1S/C10H22N2O2.2C2H6/c13-8-10-14-9-2-1-5-12-6-3-11-4-7-12;2*1-2/h11,13H,1-10H2;2*1-2H3. The predicted octanol–water partition coefficient (Wildman–Crippen LogP) is 1.73. The Morgan fingerprint density at radius 1 is 1.00 bits per heavy atom. The van der Waals surface area contributed by atoms with Crippen molar-refractivity contribution in [2.24, 2.45) is 0 Å². The average Bonchev–Trinajstić information content (AvgIpc) is 2.48. The van der Waals surface area contributed by atoms with E-state index in [-0.39, 0.29) is 6.61 Å². The van der Waals surface area contributed by atoms with E-state index in [4.69, 9.17) is 9.84 Å². The molecule has 0 saturated carbocycles. The van der Waals surface area contributed by atoms with Crippen LogP contribution in [-0.2, 0) is 4.74 Å².